The van der Waals surface area contributed by atoms with Crippen LogP contribution in [0.2, 0.25) is 0 Å². The Balaban J connectivity index is 1.49. The van der Waals surface area contributed by atoms with Gasteiger partial charge in [0.05, 0.1) is 0 Å². The Morgan fingerprint density at radius 3 is 2.30 bits per heavy atom. The Morgan fingerprint density at radius 1 is 1.09 bits per heavy atom. The van der Waals surface area contributed by atoms with Gasteiger partial charge in [0, 0.05) is 30.9 Å². The standard InChI is InChI=1S/C16H20N4O3/c21-14(8-7-13-15(22)18-19-16(13)23)17-11-3-5-12(6-4-11)20-9-1-2-10-20/h3-6,13H,1-2,7-10H2,(H,17,21)(H,18,22)(H,19,23). The number of hydrogen-bond donors (Lipinski definition) is 3. The van der Waals surface area contributed by atoms with Crippen molar-refractivity contribution in [3.63, 3.8) is 0 Å². The highest BCUT2D eigenvalue weighted by atomic mass is 16.2. The Bertz CT molecular complexity index is 592. The van der Waals surface area contributed by atoms with Crippen LogP contribution in [0.15, 0.2) is 24.3 Å². The zero-order valence-corrected chi connectivity index (χ0v) is 12.8. The van der Waals surface area contributed by atoms with Crippen molar-refractivity contribution in [2.75, 3.05) is 23.3 Å². The summed E-state index contributed by atoms with van der Waals surface area (Å²) < 4.78 is 0. The molecule has 0 saturated carbocycles. The number of amides is 3. The lowest BCUT2D eigenvalue weighted by molar-refractivity contribution is -0.128. The zero-order valence-electron chi connectivity index (χ0n) is 12.8. The smallest absolute Gasteiger partial charge is 0.251 e. The topological polar surface area (TPSA) is 90.5 Å². The molecule has 0 atom stereocenters. The molecule has 3 rings (SSSR count). The molecule has 0 unspecified atom stereocenters. The summed E-state index contributed by atoms with van der Waals surface area (Å²) in [5.74, 6) is -1.74. The molecule has 7 heteroatoms. The summed E-state index contributed by atoms with van der Waals surface area (Å²) in [6, 6.07) is 7.75. The first-order valence-electron chi connectivity index (χ1n) is 7.88. The van der Waals surface area contributed by atoms with Crippen LogP contribution in [0.3, 0.4) is 0 Å². The number of hydrogen-bond acceptors (Lipinski definition) is 4. The number of carbonyl (C=O) groups is 3. The van der Waals surface area contributed by atoms with Crippen molar-refractivity contribution >= 4 is 29.1 Å². The summed E-state index contributed by atoms with van der Waals surface area (Å²) in [5.41, 5.74) is 6.39. The molecular weight excluding hydrogens is 296 g/mol. The number of nitrogens with zero attached hydrogens (tertiary/aromatic N) is 1. The van der Waals surface area contributed by atoms with Crippen LogP contribution in [0, 0.1) is 5.92 Å². The van der Waals surface area contributed by atoms with Crippen LogP contribution in [0.5, 0.6) is 0 Å². The number of hydrazine groups is 1. The summed E-state index contributed by atoms with van der Waals surface area (Å²) >= 11 is 0. The van der Waals surface area contributed by atoms with Gasteiger partial charge in [-0.25, -0.2) is 0 Å². The maximum atomic E-state index is 11.9. The Morgan fingerprint density at radius 2 is 1.70 bits per heavy atom. The number of benzene rings is 1. The van der Waals surface area contributed by atoms with Crippen LogP contribution in [-0.2, 0) is 14.4 Å². The lowest BCUT2D eigenvalue weighted by atomic mass is 10.0. The van der Waals surface area contributed by atoms with Gasteiger partial charge in [-0.3, -0.25) is 25.2 Å². The maximum absolute atomic E-state index is 11.9. The minimum absolute atomic E-state index is 0.124. The van der Waals surface area contributed by atoms with Crippen LogP contribution in [0.4, 0.5) is 11.4 Å². The SMILES string of the molecule is O=C(CCC1C(=O)NNC1=O)Nc1ccc(N2CCCC2)cc1. The van der Waals surface area contributed by atoms with Gasteiger partial charge in [0.25, 0.3) is 11.8 Å². The first-order chi connectivity index (χ1) is 11.1. The van der Waals surface area contributed by atoms with E-state index in [1.807, 2.05) is 24.3 Å². The fourth-order valence-electron chi connectivity index (χ4n) is 2.91. The molecule has 3 N–H and O–H groups in total. The van der Waals surface area contributed by atoms with E-state index in [0.29, 0.717) is 0 Å². The summed E-state index contributed by atoms with van der Waals surface area (Å²) in [7, 11) is 0. The number of nitrogens with one attached hydrogen (secondary N) is 3. The van der Waals surface area contributed by atoms with E-state index in [-0.39, 0.29) is 30.6 Å². The molecule has 0 spiro atoms. The summed E-state index contributed by atoms with van der Waals surface area (Å²) in [4.78, 5) is 37.0. The Labute approximate surface area is 134 Å². The molecule has 122 valence electrons. The van der Waals surface area contributed by atoms with E-state index in [2.05, 4.69) is 21.1 Å². The first kappa shape index (κ1) is 15.3. The van der Waals surface area contributed by atoms with Crippen molar-refractivity contribution in [1.82, 2.24) is 10.9 Å². The highest BCUT2D eigenvalue weighted by Crippen LogP contribution is 2.22. The van der Waals surface area contributed by atoms with Crippen molar-refractivity contribution in [3.8, 4) is 0 Å². The molecule has 0 aliphatic carbocycles. The van der Waals surface area contributed by atoms with Crippen molar-refractivity contribution < 1.29 is 14.4 Å². The highest BCUT2D eigenvalue weighted by molar-refractivity contribution is 6.05. The minimum Gasteiger partial charge on any atom is -0.372 e. The molecule has 2 aliphatic rings. The molecule has 23 heavy (non-hydrogen) atoms. The quantitative estimate of drug-likeness (QED) is 0.700. The third kappa shape index (κ3) is 3.61. The second-order valence-corrected chi connectivity index (χ2v) is 5.86. The molecule has 0 bridgehead atoms. The lowest BCUT2D eigenvalue weighted by Gasteiger charge is -2.17. The summed E-state index contributed by atoms with van der Waals surface area (Å²) in [6.07, 6.45) is 2.77. The molecule has 0 aromatic heterocycles. The van der Waals surface area contributed by atoms with Gasteiger partial charge < -0.3 is 10.2 Å². The van der Waals surface area contributed by atoms with Crippen molar-refractivity contribution in [3.05, 3.63) is 24.3 Å². The van der Waals surface area contributed by atoms with E-state index < -0.39 is 5.92 Å². The molecule has 1 aromatic carbocycles. The van der Waals surface area contributed by atoms with Gasteiger partial charge in [-0.15, -0.1) is 0 Å². The average Bonchev–Trinajstić information content (AvgIpc) is 3.17. The fraction of sp³-hybridized carbons (Fsp3) is 0.438. The number of rotatable bonds is 5. The van der Waals surface area contributed by atoms with Crippen LogP contribution in [0.1, 0.15) is 25.7 Å². The van der Waals surface area contributed by atoms with Crippen LogP contribution >= 0.6 is 0 Å². The predicted octanol–water partition coefficient (Wildman–Crippen LogP) is 0.783. The largest absolute Gasteiger partial charge is 0.372 e. The molecule has 2 fully saturated rings. The van der Waals surface area contributed by atoms with Gasteiger partial charge in [-0.05, 0) is 43.5 Å². The van der Waals surface area contributed by atoms with E-state index in [0.717, 1.165) is 18.8 Å². The summed E-state index contributed by atoms with van der Waals surface area (Å²) in [6.45, 7) is 2.16. The molecule has 3 amide bonds. The monoisotopic (exact) mass is 316 g/mol. The summed E-state index contributed by atoms with van der Waals surface area (Å²) in [5, 5.41) is 2.79. The maximum Gasteiger partial charge on any atom is 0.251 e. The third-order valence-electron chi connectivity index (χ3n) is 4.22. The number of anilines is 2. The number of carbonyl (C=O) groups excluding carboxylic acids is 3. The molecule has 2 saturated heterocycles. The van der Waals surface area contributed by atoms with Crippen LogP contribution < -0.4 is 21.1 Å². The van der Waals surface area contributed by atoms with Crippen molar-refractivity contribution in [2.45, 2.75) is 25.7 Å². The van der Waals surface area contributed by atoms with Crippen LogP contribution in [-0.4, -0.2) is 30.8 Å². The zero-order chi connectivity index (χ0) is 16.2. The lowest BCUT2D eigenvalue weighted by Crippen LogP contribution is -2.28. The van der Waals surface area contributed by atoms with Gasteiger partial charge in [-0.1, -0.05) is 0 Å². The minimum atomic E-state index is -0.779. The highest BCUT2D eigenvalue weighted by Gasteiger charge is 2.32. The molecule has 1 aromatic rings. The van der Waals surface area contributed by atoms with E-state index in [1.54, 1.807) is 0 Å². The van der Waals surface area contributed by atoms with Gasteiger partial charge in [0.1, 0.15) is 5.92 Å². The Hall–Kier alpha value is -2.57. The molecule has 0 radical (unpaired) electrons. The van der Waals surface area contributed by atoms with E-state index in [9.17, 15) is 14.4 Å². The second kappa shape index (κ2) is 6.68. The average molecular weight is 316 g/mol. The Kier molecular flexibility index (Phi) is 4.45. The predicted molar refractivity (Wildman–Crippen MR) is 85.5 cm³/mol. The fourth-order valence-corrected chi connectivity index (χ4v) is 2.91. The molecular formula is C16H20N4O3. The van der Waals surface area contributed by atoms with Crippen molar-refractivity contribution in [2.24, 2.45) is 5.92 Å². The van der Waals surface area contributed by atoms with Gasteiger partial charge in [-0.2, -0.15) is 0 Å². The van der Waals surface area contributed by atoms with E-state index >= 15 is 0 Å². The van der Waals surface area contributed by atoms with Gasteiger partial charge >= 0.3 is 0 Å². The van der Waals surface area contributed by atoms with Crippen LogP contribution in [0.25, 0.3) is 0 Å². The van der Waals surface area contributed by atoms with E-state index in [1.165, 1.54) is 18.5 Å². The van der Waals surface area contributed by atoms with Gasteiger partial charge in [0.15, 0.2) is 0 Å². The molecule has 2 aliphatic heterocycles. The van der Waals surface area contributed by atoms with E-state index in [4.69, 9.17) is 0 Å². The normalized spacial score (nSPS) is 18.0. The first-order valence-corrected chi connectivity index (χ1v) is 7.88. The molecule has 7 nitrogen and oxygen atoms in total. The molecule has 2 heterocycles. The second-order valence-electron chi connectivity index (χ2n) is 5.86. The third-order valence-corrected chi connectivity index (χ3v) is 4.22. The van der Waals surface area contributed by atoms with Crippen molar-refractivity contribution in [1.29, 1.82) is 0 Å². The van der Waals surface area contributed by atoms with Gasteiger partial charge in [0.2, 0.25) is 5.91 Å².